The summed E-state index contributed by atoms with van der Waals surface area (Å²) in [7, 11) is 0. The van der Waals surface area contributed by atoms with Crippen molar-refractivity contribution < 1.29 is 18.7 Å². The molecular formula is C21H21N3O4S. The molecule has 0 spiro atoms. The Morgan fingerprint density at radius 2 is 1.93 bits per heavy atom. The van der Waals surface area contributed by atoms with E-state index in [1.165, 1.54) is 17.4 Å². The van der Waals surface area contributed by atoms with E-state index in [-0.39, 0.29) is 35.9 Å². The number of carbonyl (C=O) groups is 2. The van der Waals surface area contributed by atoms with Gasteiger partial charge in [0.2, 0.25) is 0 Å². The van der Waals surface area contributed by atoms with Gasteiger partial charge in [-0.05, 0) is 48.3 Å². The summed E-state index contributed by atoms with van der Waals surface area (Å²) < 4.78 is 10.8. The highest BCUT2D eigenvalue weighted by Gasteiger charge is 2.50. The number of likely N-dealkylation sites (tertiary alicyclic amines) is 1. The predicted octanol–water partition coefficient (Wildman–Crippen LogP) is 2.88. The SMILES string of the molecule is O=C(NC(=S)N1CCC(N2C(=O)O[C@@H]3Cc4ccccc4[C@@H]32)CC1)c1ccco1. The fourth-order valence-electron chi connectivity index (χ4n) is 4.65. The van der Waals surface area contributed by atoms with Crippen molar-refractivity contribution in [1.29, 1.82) is 0 Å². The first kappa shape index (κ1) is 18.2. The minimum Gasteiger partial charge on any atom is -0.459 e. The summed E-state index contributed by atoms with van der Waals surface area (Å²) in [6.07, 6.45) is 3.47. The lowest BCUT2D eigenvalue weighted by Gasteiger charge is -2.38. The molecule has 2 amide bonds. The Balaban J connectivity index is 1.23. The highest BCUT2D eigenvalue weighted by molar-refractivity contribution is 7.80. The predicted molar refractivity (Wildman–Crippen MR) is 108 cm³/mol. The molecule has 3 aliphatic rings. The third kappa shape index (κ3) is 3.17. The number of rotatable bonds is 2. The van der Waals surface area contributed by atoms with Crippen molar-refractivity contribution in [3.63, 3.8) is 0 Å². The summed E-state index contributed by atoms with van der Waals surface area (Å²) in [5, 5.41) is 3.10. The second-order valence-electron chi connectivity index (χ2n) is 7.63. The van der Waals surface area contributed by atoms with Crippen LogP contribution in [0, 0.1) is 0 Å². The van der Waals surface area contributed by atoms with Crippen LogP contribution in [0.4, 0.5) is 4.79 Å². The van der Waals surface area contributed by atoms with Gasteiger partial charge in [0.05, 0.1) is 12.3 Å². The number of nitrogens with one attached hydrogen (secondary N) is 1. The van der Waals surface area contributed by atoms with E-state index >= 15 is 0 Å². The van der Waals surface area contributed by atoms with Crippen molar-refractivity contribution in [2.75, 3.05) is 13.1 Å². The average Bonchev–Trinajstić information content (AvgIpc) is 3.43. The number of amides is 2. The minimum atomic E-state index is -0.351. The standard InChI is InChI=1S/C21H21N3O4S/c25-19(16-6-3-11-27-16)22-20(29)23-9-7-14(8-10-23)24-18-15-5-2-1-4-13(15)12-17(18)28-21(24)26/h1-6,11,14,17-18H,7-10,12H2,(H,22,25,29)/t17-,18+/m1/s1. The lowest BCUT2D eigenvalue weighted by molar-refractivity contribution is 0.0942. The topological polar surface area (TPSA) is 75.0 Å². The van der Waals surface area contributed by atoms with Crippen LogP contribution in [0.5, 0.6) is 0 Å². The fraction of sp³-hybridized carbons (Fsp3) is 0.381. The largest absolute Gasteiger partial charge is 0.459 e. The van der Waals surface area contributed by atoms with Crippen molar-refractivity contribution in [2.24, 2.45) is 0 Å². The number of nitrogens with zero attached hydrogens (tertiary/aromatic N) is 2. The lowest BCUT2D eigenvalue weighted by atomic mass is 9.99. The first-order valence-electron chi connectivity index (χ1n) is 9.82. The quantitative estimate of drug-likeness (QED) is 0.766. The molecule has 150 valence electrons. The van der Waals surface area contributed by atoms with E-state index in [1.54, 1.807) is 12.1 Å². The van der Waals surface area contributed by atoms with E-state index in [0.29, 0.717) is 18.2 Å². The molecule has 1 aromatic carbocycles. The van der Waals surface area contributed by atoms with Crippen LogP contribution in [-0.2, 0) is 11.2 Å². The van der Waals surface area contributed by atoms with Crippen molar-refractivity contribution in [1.82, 2.24) is 15.1 Å². The summed E-state index contributed by atoms with van der Waals surface area (Å²) in [6, 6.07) is 11.6. The molecular weight excluding hydrogens is 390 g/mol. The van der Waals surface area contributed by atoms with Gasteiger partial charge in [-0.1, -0.05) is 24.3 Å². The number of furan rings is 1. The Morgan fingerprint density at radius 3 is 2.69 bits per heavy atom. The molecule has 0 unspecified atom stereocenters. The number of ether oxygens (including phenoxy) is 1. The number of fused-ring (bicyclic) bond motifs is 3. The lowest BCUT2D eigenvalue weighted by Crippen LogP contribution is -2.51. The van der Waals surface area contributed by atoms with Gasteiger partial charge >= 0.3 is 6.09 Å². The Morgan fingerprint density at radius 1 is 1.14 bits per heavy atom. The molecule has 2 aromatic rings. The van der Waals surface area contributed by atoms with Gasteiger partial charge in [-0.2, -0.15) is 0 Å². The Hall–Kier alpha value is -2.87. The summed E-state index contributed by atoms with van der Waals surface area (Å²) in [6.45, 7) is 1.34. The van der Waals surface area contributed by atoms with Gasteiger partial charge in [0, 0.05) is 25.6 Å². The number of benzene rings is 1. The van der Waals surface area contributed by atoms with Gasteiger partial charge in [0.25, 0.3) is 5.91 Å². The summed E-state index contributed by atoms with van der Waals surface area (Å²) in [5.74, 6) is -0.122. The van der Waals surface area contributed by atoms with Crippen molar-refractivity contribution in [3.05, 3.63) is 59.5 Å². The second kappa shape index (κ2) is 7.18. The maximum atomic E-state index is 12.6. The number of carbonyl (C=O) groups excluding carboxylic acids is 2. The van der Waals surface area contributed by atoms with Crippen molar-refractivity contribution >= 4 is 29.3 Å². The third-order valence-electron chi connectivity index (χ3n) is 6.02. The Bertz CT molecular complexity index is 953. The molecule has 2 atom stereocenters. The maximum absolute atomic E-state index is 12.6. The molecule has 3 heterocycles. The average molecular weight is 411 g/mol. The van der Waals surface area contributed by atoms with Gasteiger partial charge in [0.1, 0.15) is 6.10 Å². The number of hydrogen-bond donors (Lipinski definition) is 1. The zero-order valence-corrected chi connectivity index (χ0v) is 16.6. The summed E-state index contributed by atoms with van der Waals surface area (Å²) in [5.41, 5.74) is 2.46. The molecule has 5 rings (SSSR count). The highest BCUT2D eigenvalue weighted by Crippen LogP contribution is 2.44. The normalized spacial score (nSPS) is 23.5. The molecule has 1 aromatic heterocycles. The smallest absolute Gasteiger partial charge is 0.411 e. The molecule has 29 heavy (non-hydrogen) atoms. The minimum absolute atomic E-state index is 0.000793. The van der Waals surface area contributed by atoms with E-state index in [1.807, 2.05) is 21.9 Å². The highest BCUT2D eigenvalue weighted by atomic mass is 32.1. The second-order valence-corrected chi connectivity index (χ2v) is 8.02. The van der Waals surface area contributed by atoms with Crippen LogP contribution in [0.25, 0.3) is 0 Å². The molecule has 0 saturated carbocycles. The Kier molecular flexibility index (Phi) is 4.50. The van der Waals surface area contributed by atoms with Gasteiger partial charge < -0.3 is 14.1 Å². The van der Waals surface area contributed by atoms with Crippen LogP contribution in [0.1, 0.15) is 40.6 Å². The Labute approximate surface area is 173 Å². The molecule has 1 N–H and O–H groups in total. The van der Waals surface area contributed by atoms with Crippen LogP contribution < -0.4 is 5.32 Å². The summed E-state index contributed by atoms with van der Waals surface area (Å²) >= 11 is 5.39. The maximum Gasteiger partial charge on any atom is 0.411 e. The van der Waals surface area contributed by atoms with Crippen molar-refractivity contribution in [3.8, 4) is 0 Å². The van der Waals surface area contributed by atoms with Crippen LogP contribution in [0.15, 0.2) is 47.1 Å². The number of piperidine rings is 1. The van der Waals surface area contributed by atoms with E-state index in [4.69, 9.17) is 21.4 Å². The van der Waals surface area contributed by atoms with E-state index < -0.39 is 0 Å². The van der Waals surface area contributed by atoms with E-state index in [2.05, 4.69) is 17.4 Å². The van der Waals surface area contributed by atoms with Crippen LogP contribution in [-0.4, -0.2) is 52.1 Å². The van der Waals surface area contributed by atoms with Crippen LogP contribution >= 0.6 is 12.2 Å². The van der Waals surface area contributed by atoms with Crippen LogP contribution in [0.3, 0.4) is 0 Å². The van der Waals surface area contributed by atoms with E-state index in [0.717, 1.165) is 19.3 Å². The molecule has 2 fully saturated rings. The van der Waals surface area contributed by atoms with Crippen molar-refractivity contribution in [2.45, 2.75) is 37.5 Å². The molecule has 0 radical (unpaired) electrons. The third-order valence-corrected chi connectivity index (χ3v) is 6.38. The zero-order valence-electron chi connectivity index (χ0n) is 15.7. The molecule has 1 aliphatic carbocycles. The summed E-state index contributed by atoms with van der Waals surface area (Å²) in [4.78, 5) is 28.6. The number of hydrogen-bond acceptors (Lipinski definition) is 5. The first-order valence-corrected chi connectivity index (χ1v) is 10.2. The molecule has 7 nitrogen and oxygen atoms in total. The van der Waals surface area contributed by atoms with Gasteiger partial charge in [-0.3, -0.25) is 15.0 Å². The molecule has 2 saturated heterocycles. The van der Waals surface area contributed by atoms with Crippen LogP contribution in [0.2, 0.25) is 0 Å². The molecule has 2 aliphatic heterocycles. The zero-order chi connectivity index (χ0) is 20.0. The first-order chi connectivity index (χ1) is 14.1. The van der Waals surface area contributed by atoms with Gasteiger partial charge in [-0.25, -0.2) is 4.79 Å². The van der Waals surface area contributed by atoms with E-state index in [9.17, 15) is 9.59 Å². The van der Waals surface area contributed by atoms with Gasteiger partial charge in [0.15, 0.2) is 10.9 Å². The van der Waals surface area contributed by atoms with Gasteiger partial charge in [-0.15, -0.1) is 0 Å². The molecule has 0 bridgehead atoms. The molecule has 8 heteroatoms. The number of thiocarbonyl (C=S) groups is 1. The fourth-order valence-corrected chi connectivity index (χ4v) is 4.92. The monoisotopic (exact) mass is 411 g/mol.